The van der Waals surface area contributed by atoms with Crippen LogP contribution in [-0.4, -0.2) is 42.0 Å². The number of carbonyl (C=O) groups excluding carboxylic acids is 1. The van der Waals surface area contributed by atoms with Crippen LogP contribution in [0.4, 0.5) is 4.39 Å². The average Bonchev–Trinajstić information content (AvgIpc) is 3.40. The fourth-order valence-electron chi connectivity index (χ4n) is 3.70. The number of rotatable bonds is 5. The number of halogens is 1. The van der Waals surface area contributed by atoms with Crippen LogP contribution in [-0.2, 0) is 21.4 Å². The highest BCUT2D eigenvalue weighted by Gasteiger charge is 2.39. The molecule has 2 aromatic carbocycles. The third kappa shape index (κ3) is 4.26. The van der Waals surface area contributed by atoms with Gasteiger partial charge in [0.15, 0.2) is 4.80 Å². The van der Waals surface area contributed by atoms with Crippen LogP contribution < -0.4 is 4.80 Å². The Hall–Kier alpha value is -2.45. The first-order chi connectivity index (χ1) is 15.3. The number of carbonyl (C=O) groups is 1. The molecule has 2 heterocycles. The number of hydrogen-bond donors (Lipinski definition) is 0. The normalized spacial score (nSPS) is 17.7. The van der Waals surface area contributed by atoms with E-state index in [0.717, 1.165) is 31.6 Å². The van der Waals surface area contributed by atoms with Crippen LogP contribution in [0, 0.1) is 18.2 Å². The Morgan fingerprint density at radius 1 is 1.31 bits per heavy atom. The zero-order valence-corrected chi connectivity index (χ0v) is 19.6. The summed E-state index contributed by atoms with van der Waals surface area (Å²) in [6.07, 6.45) is 8.43. The Morgan fingerprint density at radius 2 is 2.06 bits per heavy atom. The number of aromatic nitrogens is 1. The summed E-state index contributed by atoms with van der Waals surface area (Å²) >= 11 is 2.96. The molecule has 3 aromatic rings. The summed E-state index contributed by atoms with van der Waals surface area (Å²) in [5, 5.41) is 0. The van der Waals surface area contributed by atoms with E-state index in [2.05, 4.69) is 10.9 Å². The Labute approximate surface area is 193 Å². The lowest BCUT2D eigenvalue weighted by Crippen LogP contribution is -2.40. The minimum atomic E-state index is -3.95. The summed E-state index contributed by atoms with van der Waals surface area (Å²) in [5.74, 6) is 1.53. The predicted octanol–water partition coefficient (Wildman–Crippen LogP) is 3.48. The second-order valence-electron chi connectivity index (χ2n) is 7.19. The minimum Gasteiger partial charge on any atom is -0.305 e. The molecular formula is C22H20FN3O3S3. The first-order valence-corrected chi connectivity index (χ1v) is 13.3. The number of sulfonamides is 1. The topological polar surface area (TPSA) is 71.7 Å². The van der Waals surface area contributed by atoms with E-state index in [4.69, 9.17) is 6.42 Å². The van der Waals surface area contributed by atoms with E-state index in [0.29, 0.717) is 17.6 Å². The number of amides is 1. The van der Waals surface area contributed by atoms with E-state index in [1.807, 2.05) is 24.5 Å². The average molecular weight is 490 g/mol. The SMILES string of the molecule is C#CCn1c(=NC(=O)C2CCCN2S(=O)(=O)c2ccc(F)cc2)sc2cc(SC)ccc21. The van der Waals surface area contributed by atoms with Crippen molar-refractivity contribution in [1.29, 1.82) is 0 Å². The summed E-state index contributed by atoms with van der Waals surface area (Å²) in [5.41, 5.74) is 0.875. The lowest BCUT2D eigenvalue weighted by molar-refractivity contribution is -0.121. The van der Waals surface area contributed by atoms with Gasteiger partial charge in [-0.1, -0.05) is 17.3 Å². The van der Waals surface area contributed by atoms with E-state index in [9.17, 15) is 17.6 Å². The fraction of sp³-hybridized carbons (Fsp3) is 0.273. The number of benzene rings is 2. The molecule has 1 aliphatic heterocycles. The zero-order valence-electron chi connectivity index (χ0n) is 17.2. The van der Waals surface area contributed by atoms with Gasteiger partial charge >= 0.3 is 0 Å². The fourth-order valence-corrected chi connectivity index (χ4v) is 6.93. The molecule has 0 aliphatic carbocycles. The molecular weight excluding hydrogens is 469 g/mol. The van der Waals surface area contributed by atoms with Gasteiger partial charge in [-0.15, -0.1) is 18.2 Å². The Bertz CT molecular complexity index is 1390. The van der Waals surface area contributed by atoms with Crippen LogP contribution >= 0.6 is 23.1 Å². The van der Waals surface area contributed by atoms with Gasteiger partial charge in [0.2, 0.25) is 10.0 Å². The van der Waals surface area contributed by atoms with Crippen molar-refractivity contribution in [3.05, 3.63) is 53.1 Å². The number of fused-ring (bicyclic) bond motifs is 1. The smallest absolute Gasteiger partial charge is 0.266 e. The molecule has 0 spiro atoms. The summed E-state index contributed by atoms with van der Waals surface area (Å²) < 4.78 is 43.3. The standard InChI is InChI=1S/C22H20FN3O3S3/c1-3-12-25-18-11-8-16(30-2)14-20(18)31-22(25)24-21(27)19-5-4-13-26(19)32(28,29)17-9-6-15(23)7-10-17/h1,6-11,14,19H,4-5,12-13H2,2H3. The second kappa shape index (κ2) is 9.19. The summed E-state index contributed by atoms with van der Waals surface area (Å²) in [6, 6.07) is 9.62. The monoisotopic (exact) mass is 489 g/mol. The molecule has 4 rings (SSSR count). The van der Waals surface area contributed by atoms with Crippen molar-refractivity contribution in [2.75, 3.05) is 12.8 Å². The van der Waals surface area contributed by atoms with Crippen LogP contribution in [0.2, 0.25) is 0 Å². The number of thioether (sulfide) groups is 1. The van der Waals surface area contributed by atoms with Crippen molar-refractivity contribution < 1.29 is 17.6 Å². The van der Waals surface area contributed by atoms with E-state index in [-0.39, 0.29) is 18.0 Å². The molecule has 0 N–H and O–H groups in total. The third-order valence-electron chi connectivity index (χ3n) is 5.25. The van der Waals surface area contributed by atoms with E-state index >= 15 is 0 Å². The van der Waals surface area contributed by atoms with Gasteiger partial charge in [0, 0.05) is 11.4 Å². The Morgan fingerprint density at radius 3 is 2.75 bits per heavy atom. The van der Waals surface area contributed by atoms with Crippen molar-refractivity contribution >= 4 is 49.2 Å². The van der Waals surface area contributed by atoms with Gasteiger partial charge in [0.25, 0.3) is 5.91 Å². The number of nitrogens with zero attached hydrogens (tertiary/aromatic N) is 3. The van der Waals surface area contributed by atoms with E-state index in [1.165, 1.54) is 23.5 Å². The summed E-state index contributed by atoms with van der Waals surface area (Å²) in [4.78, 5) is 18.9. The van der Waals surface area contributed by atoms with Crippen LogP contribution in [0.25, 0.3) is 10.2 Å². The first kappa shape index (κ1) is 22.7. The molecule has 32 heavy (non-hydrogen) atoms. The van der Waals surface area contributed by atoms with Gasteiger partial charge in [-0.05, 0) is 61.6 Å². The molecule has 1 atom stereocenters. The van der Waals surface area contributed by atoms with Gasteiger partial charge < -0.3 is 4.57 Å². The molecule has 10 heteroatoms. The molecule has 6 nitrogen and oxygen atoms in total. The molecule has 166 valence electrons. The maximum atomic E-state index is 13.2. The lowest BCUT2D eigenvalue weighted by Gasteiger charge is -2.21. The maximum absolute atomic E-state index is 13.2. The second-order valence-corrected chi connectivity index (χ2v) is 11.0. The minimum absolute atomic E-state index is 0.0487. The largest absolute Gasteiger partial charge is 0.305 e. The lowest BCUT2D eigenvalue weighted by atomic mass is 10.2. The van der Waals surface area contributed by atoms with Gasteiger partial charge in [0.1, 0.15) is 11.9 Å². The van der Waals surface area contributed by atoms with Crippen molar-refractivity contribution in [3.8, 4) is 12.3 Å². The van der Waals surface area contributed by atoms with Crippen molar-refractivity contribution in [2.24, 2.45) is 4.99 Å². The molecule has 1 amide bonds. The van der Waals surface area contributed by atoms with Crippen LogP contribution in [0.15, 0.2) is 57.2 Å². The highest BCUT2D eigenvalue weighted by Crippen LogP contribution is 2.28. The quantitative estimate of drug-likeness (QED) is 0.406. The van der Waals surface area contributed by atoms with Gasteiger partial charge in [0.05, 0.1) is 21.7 Å². The Balaban J connectivity index is 1.72. The first-order valence-electron chi connectivity index (χ1n) is 9.82. The number of terminal acetylenes is 1. The molecule has 1 aliphatic rings. The number of hydrogen-bond acceptors (Lipinski definition) is 5. The van der Waals surface area contributed by atoms with Gasteiger partial charge in [-0.3, -0.25) is 4.79 Å². The highest BCUT2D eigenvalue weighted by atomic mass is 32.2. The van der Waals surface area contributed by atoms with Crippen LogP contribution in [0.1, 0.15) is 12.8 Å². The van der Waals surface area contributed by atoms with Gasteiger partial charge in [-0.25, -0.2) is 12.8 Å². The summed E-state index contributed by atoms with van der Waals surface area (Å²) in [7, 11) is -3.95. The summed E-state index contributed by atoms with van der Waals surface area (Å²) in [6.45, 7) is 0.451. The Kier molecular flexibility index (Phi) is 6.53. The third-order valence-corrected chi connectivity index (χ3v) is 8.94. The molecule has 0 bridgehead atoms. The molecule has 1 saturated heterocycles. The molecule has 1 fully saturated rings. The van der Waals surface area contributed by atoms with Crippen molar-refractivity contribution in [2.45, 2.75) is 35.2 Å². The maximum Gasteiger partial charge on any atom is 0.266 e. The van der Waals surface area contributed by atoms with Crippen molar-refractivity contribution in [3.63, 3.8) is 0 Å². The molecule has 1 aromatic heterocycles. The van der Waals surface area contributed by atoms with E-state index < -0.39 is 27.8 Å². The van der Waals surface area contributed by atoms with Crippen molar-refractivity contribution in [1.82, 2.24) is 8.87 Å². The van der Waals surface area contributed by atoms with Gasteiger partial charge in [-0.2, -0.15) is 9.30 Å². The van der Waals surface area contributed by atoms with Crippen LogP contribution in [0.5, 0.6) is 0 Å². The number of thiazole rings is 1. The van der Waals surface area contributed by atoms with E-state index in [1.54, 1.807) is 16.3 Å². The zero-order chi connectivity index (χ0) is 22.9. The molecule has 0 saturated carbocycles. The predicted molar refractivity (Wildman–Crippen MR) is 124 cm³/mol. The molecule has 1 unspecified atom stereocenters. The highest BCUT2D eigenvalue weighted by molar-refractivity contribution is 7.98. The van der Waals surface area contributed by atoms with Crippen LogP contribution in [0.3, 0.4) is 0 Å². The molecule has 0 radical (unpaired) electrons.